The Morgan fingerprint density at radius 3 is 2.62 bits per heavy atom. The van der Waals surface area contributed by atoms with Crippen LogP contribution in [0.2, 0.25) is 0 Å². The van der Waals surface area contributed by atoms with Crippen molar-refractivity contribution in [3.05, 3.63) is 12.2 Å². The van der Waals surface area contributed by atoms with Crippen molar-refractivity contribution in [2.24, 2.45) is 5.73 Å². The van der Waals surface area contributed by atoms with Crippen LogP contribution in [0.1, 0.15) is 26.7 Å². The first-order valence-electron chi connectivity index (χ1n) is 3.92. The molecule has 72 valence electrons. The van der Waals surface area contributed by atoms with Crippen LogP contribution in [0.5, 0.6) is 0 Å². The molecule has 13 heavy (non-hydrogen) atoms. The number of hydrogen-bond acceptors (Lipinski definition) is 3. The van der Waals surface area contributed by atoms with Gasteiger partial charge >= 0.3 is 6.03 Å². The summed E-state index contributed by atoms with van der Waals surface area (Å²) in [5.74, 6) is 0.911. The first-order valence-corrected chi connectivity index (χ1v) is 3.92. The van der Waals surface area contributed by atoms with Crippen molar-refractivity contribution in [1.82, 2.24) is 4.98 Å². The van der Waals surface area contributed by atoms with E-state index in [0.717, 1.165) is 0 Å². The molecule has 1 aromatic rings. The second kappa shape index (κ2) is 3.08. The van der Waals surface area contributed by atoms with Crippen LogP contribution in [0.15, 0.2) is 10.7 Å². The van der Waals surface area contributed by atoms with Crippen molar-refractivity contribution in [2.45, 2.75) is 26.2 Å². The molecule has 3 N–H and O–H groups in total. The van der Waals surface area contributed by atoms with E-state index < -0.39 is 6.03 Å². The number of aromatic nitrogens is 1. The van der Waals surface area contributed by atoms with Crippen molar-refractivity contribution < 1.29 is 9.21 Å². The molecule has 0 aromatic carbocycles. The lowest BCUT2D eigenvalue weighted by Gasteiger charge is -2.11. The molecule has 1 rings (SSSR count). The topological polar surface area (TPSA) is 81.1 Å². The number of hydrogen-bond donors (Lipinski definition) is 2. The van der Waals surface area contributed by atoms with Crippen LogP contribution in [0.3, 0.4) is 0 Å². The highest BCUT2D eigenvalue weighted by atomic mass is 16.3. The van der Waals surface area contributed by atoms with Gasteiger partial charge in [0.15, 0.2) is 5.82 Å². The van der Waals surface area contributed by atoms with Gasteiger partial charge in [0.1, 0.15) is 6.26 Å². The van der Waals surface area contributed by atoms with Crippen molar-refractivity contribution >= 4 is 11.8 Å². The summed E-state index contributed by atoms with van der Waals surface area (Å²) in [4.78, 5) is 14.5. The van der Waals surface area contributed by atoms with Gasteiger partial charge in [-0.15, -0.1) is 0 Å². The van der Waals surface area contributed by atoms with Crippen LogP contribution < -0.4 is 11.1 Å². The average Bonchev–Trinajstić information content (AvgIpc) is 2.32. The van der Waals surface area contributed by atoms with Gasteiger partial charge in [0.25, 0.3) is 0 Å². The van der Waals surface area contributed by atoms with Crippen LogP contribution in [-0.4, -0.2) is 11.0 Å². The Hall–Kier alpha value is -1.52. The minimum absolute atomic E-state index is 0.169. The molecule has 5 nitrogen and oxygen atoms in total. The summed E-state index contributed by atoms with van der Waals surface area (Å²) >= 11 is 0. The summed E-state index contributed by atoms with van der Waals surface area (Å²) in [6.45, 7) is 5.90. The number of carbonyl (C=O) groups excluding carboxylic acids is 1. The average molecular weight is 183 g/mol. The molecule has 1 heterocycles. The first kappa shape index (κ1) is 9.57. The minimum atomic E-state index is -0.645. The molecule has 1 aromatic heterocycles. The molecule has 5 heteroatoms. The van der Waals surface area contributed by atoms with Crippen molar-refractivity contribution in [3.63, 3.8) is 0 Å². The summed E-state index contributed by atoms with van der Waals surface area (Å²) in [6, 6.07) is -0.645. The van der Waals surface area contributed by atoms with Gasteiger partial charge in [-0.25, -0.2) is 4.79 Å². The van der Waals surface area contributed by atoms with Crippen LogP contribution in [-0.2, 0) is 5.41 Å². The number of primary amides is 1. The Morgan fingerprint density at radius 2 is 2.23 bits per heavy atom. The Bertz CT molecular complexity index is 311. The Morgan fingerprint density at radius 1 is 1.62 bits per heavy atom. The Balaban J connectivity index is 2.81. The van der Waals surface area contributed by atoms with E-state index in [1.807, 2.05) is 20.8 Å². The van der Waals surface area contributed by atoms with Gasteiger partial charge in [0, 0.05) is 5.41 Å². The van der Waals surface area contributed by atoms with Crippen LogP contribution in [0.4, 0.5) is 10.6 Å². The quantitative estimate of drug-likeness (QED) is 0.691. The van der Waals surface area contributed by atoms with E-state index in [2.05, 4.69) is 10.3 Å². The molecule has 0 aliphatic carbocycles. The zero-order chi connectivity index (χ0) is 10.1. The fourth-order valence-corrected chi connectivity index (χ4v) is 0.802. The molecule has 0 fully saturated rings. The fourth-order valence-electron chi connectivity index (χ4n) is 0.802. The Kier molecular flexibility index (Phi) is 2.27. The number of amides is 2. The van der Waals surface area contributed by atoms with Gasteiger partial charge in [0.2, 0.25) is 5.89 Å². The van der Waals surface area contributed by atoms with E-state index in [-0.39, 0.29) is 5.41 Å². The number of nitrogens with zero attached hydrogens (tertiary/aromatic N) is 1. The summed E-state index contributed by atoms with van der Waals surface area (Å²) in [7, 11) is 0. The van der Waals surface area contributed by atoms with Gasteiger partial charge < -0.3 is 10.2 Å². The van der Waals surface area contributed by atoms with Crippen molar-refractivity contribution in [3.8, 4) is 0 Å². The summed E-state index contributed by atoms with van der Waals surface area (Å²) < 4.78 is 5.15. The predicted molar refractivity (Wildman–Crippen MR) is 48.4 cm³/mol. The maximum atomic E-state index is 10.5. The minimum Gasteiger partial charge on any atom is -0.446 e. The summed E-state index contributed by atoms with van der Waals surface area (Å²) in [6.07, 6.45) is 1.37. The van der Waals surface area contributed by atoms with Gasteiger partial charge in [-0.3, -0.25) is 5.32 Å². The number of carbonyl (C=O) groups is 1. The third-order valence-corrected chi connectivity index (χ3v) is 1.40. The third-order valence-electron chi connectivity index (χ3n) is 1.40. The molecule has 0 spiro atoms. The molecule has 0 bridgehead atoms. The molecule has 0 atom stereocenters. The molecule has 0 saturated heterocycles. The van der Waals surface area contributed by atoms with Gasteiger partial charge in [-0.05, 0) is 0 Å². The lowest BCUT2D eigenvalue weighted by Crippen LogP contribution is -2.20. The van der Waals surface area contributed by atoms with Gasteiger partial charge in [0.05, 0.1) is 0 Å². The molecule has 0 saturated carbocycles. The largest absolute Gasteiger partial charge is 0.446 e. The number of nitrogens with two attached hydrogens (primary N) is 1. The summed E-state index contributed by atoms with van der Waals surface area (Å²) in [5.41, 5.74) is 4.74. The maximum absolute atomic E-state index is 10.5. The smallest absolute Gasteiger partial charge is 0.317 e. The van der Waals surface area contributed by atoms with E-state index in [4.69, 9.17) is 10.2 Å². The number of rotatable bonds is 1. The van der Waals surface area contributed by atoms with E-state index in [1.165, 1.54) is 6.26 Å². The van der Waals surface area contributed by atoms with Crippen molar-refractivity contribution in [1.29, 1.82) is 0 Å². The maximum Gasteiger partial charge on any atom is 0.317 e. The number of nitrogens with one attached hydrogen (secondary N) is 1. The highest BCUT2D eigenvalue weighted by molar-refractivity contribution is 5.86. The van der Waals surface area contributed by atoms with Crippen molar-refractivity contribution in [2.75, 3.05) is 5.32 Å². The van der Waals surface area contributed by atoms with Crippen LogP contribution >= 0.6 is 0 Å². The number of urea groups is 1. The predicted octanol–water partition coefficient (Wildman–Crippen LogP) is 1.46. The molecule has 0 unspecified atom stereocenters. The second-order valence-electron chi connectivity index (χ2n) is 3.78. The Labute approximate surface area is 76.3 Å². The normalized spacial score (nSPS) is 11.3. The zero-order valence-corrected chi connectivity index (χ0v) is 7.92. The van der Waals surface area contributed by atoms with Crippen LogP contribution in [0, 0.1) is 0 Å². The molecular formula is C8H13N3O2. The lowest BCUT2D eigenvalue weighted by molar-refractivity contribution is 0.259. The third kappa shape index (κ3) is 2.47. The number of oxazole rings is 1. The number of anilines is 1. The van der Waals surface area contributed by atoms with Gasteiger partial charge in [-0.2, -0.15) is 4.98 Å². The SMILES string of the molecule is CC(C)(C)c1nc(NC(N)=O)co1. The van der Waals surface area contributed by atoms with E-state index in [0.29, 0.717) is 11.7 Å². The highest BCUT2D eigenvalue weighted by Crippen LogP contribution is 2.22. The molecule has 0 radical (unpaired) electrons. The standard InChI is InChI=1S/C8H13N3O2/c1-8(2,3)6-10-5(4-13-6)11-7(9)12/h4H,1-3H3,(H3,9,11,12). The molecule has 0 aliphatic heterocycles. The van der Waals surface area contributed by atoms with E-state index >= 15 is 0 Å². The highest BCUT2D eigenvalue weighted by Gasteiger charge is 2.20. The van der Waals surface area contributed by atoms with Crippen LogP contribution in [0.25, 0.3) is 0 Å². The summed E-state index contributed by atoms with van der Waals surface area (Å²) in [5, 5.41) is 2.33. The van der Waals surface area contributed by atoms with E-state index in [1.54, 1.807) is 0 Å². The van der Waals surface area contributed by atoms with E-state index in [9.17, 15) is 4.79 Å². The molecule has 2 amide bonds. The monoisotopic (exact) mass is 183 g/mol. The zero-order valence-electron chi connectivity index (χ0n) is 7.92. The lowest BCUT2D eigenvalue weighted by atomic mass is 9.97. The molecule has 0 aliphatic rings. The molecular weight excluding hydrogens is 170 g/mol. The first-order chi connectivity index (χ1) is 5.89. The van der Waals surface area contributed by atoms with Gasteiger partial charge in [-0.1, -0.05) is 20.8 Å². The fraction of sp³-hybridized carbons (Fsp3) is 0.500. The second-order valence-corrected chi connectivity index (χ2v) is 3.78.